The van der Waals surface area contributed by atoms with Crippen LogP contribution in [0.4, 0.5) is 5.69 Å². The van der Waals surface area contributed by atoms with Gasteiger partial charge in [-0.2, -0.15) is 4.31 Å². The van der Waals surface area contributed by atoms with E-state index < -0.39 is 34.5 Å². The smallest absolute Gasteiger partial charge is 0.324 e. The molecule has 1 amide bonds. The molecule has 1 aromatic heterocycles. The molecule has 1 N–H and O–H groups in total. The molecule has 0 radical (unpaired) electrons. The number of hydrogen-bond acceptors (Lipinski definition) is 7. The highest BCUT2D eigenvalue weighted by Crippen LogP contribution is 2.30. The fourth-order valence-electron chi connectivity index (χ4n) is 3.36. The predicted molar refractivity (Wildman–Crippen MR) is 104 cm³/mol. The summed E-state index contributed by atoms with van der Waals surface area (Å²) in [6, 6.07) is 6.23. The Morgan fingerprint density at radius 3 is 2.66 bits per heavy atom. The Kier molecular flexibility index (Phi) is 6.04. The van der Waals surface area contributed by atoms with Gasteiger partial charge in [0, 0.05) is 12.2 Å². The molecule has 1 aromatic carbocycles. The second kappa shape index (κ2) is 8.34. The van der Waals surface area contributed by atoms with Crippen molar-refractivity contribution in [3.8, 4) is 0 Å². The van der Waals surface area contributed by atoms with Gasteiger partial charge in [-0.1, -0.05) is 23.4 Å². The minimum atomic E-state index is -3.97. The first-order valence-corrected chi connectivity index (χ1v) is 10.6. The third-order valence-corrected chi connectivity index (χ3v) is 6.93. The zero-order chi connectivity index (χ0) is 21.2. The number of carbonyl (C=O) groups is 2. The van der Waals surface area contributed by atoms with E-state index in [0.29, 0.717) is 18.5 Å². The molecule has 10 heteroatoms. The molecule has 0 saturated carbocycles. The van der Waals surface area contributed by atoms with E-state index in [1.165, 1.54) is 13.8 Å². The minimum Gasteiger partial charge on any atom is -0.454 e. The van der Waals surface area contributed by atoms with Crippen molar-refractivity contribution in [1.29, 1.82) is 0 Å². The van der Waals surface area contributed by atoms with E-state index in [2.05, 4.69) is 10.5 Å². The predicted octanol–water partition coefficient (Wildman–Crippen LogP) is 1.93. The van der Waals surface area contributed by atoms with Crippen LogP contribution in [0.2, 0.25) is 0 Å². The van der Waals surface area contributed by atoms with Crippen molar-refractivity contribution in [2.75, 3.05) is 18.5 Å². The number of rotatable bonds is 6. The van der Waals surface area contributed by atoms with Crippen molar-refractivity contribution in [2.45, 2.75) is 44.6 Å². The van der Waals surface area contributed by atoms with Gasteiger partial charge in [-0.15, -0.1) is 0 Å². The van der Waals surface area contributed by atoms with E-state index in [1.807, 2.05) is 19.1 Å². The van der Waals surface area contributed by atoms with Crippen LogP contribution < -0.4 is 5.32 Å². The number of sulfonamides is 1. The van der Waals surface area contributed by atoms with Crippen molar-refractivity contribution in [3.63, 3.8) is 0 Å². The van der Waals surface area contributed by atoms with Gasteiger partial charge in [0.05, 0.1) is 0 Å². The number of aryl methyl sites for hydroxylation is 3. The Labute approximate surface area is 169 Å². The third-order valence-electron chi connectivity index (χ3n) is 4.77. The van der Waals surface area contributed by atoms with Crippen LogP contribution in [0.15, 0.2) is 33.7 Å². The number of nitrogens with one attached hydrogen (secondary N) is 1. The fraction of sp³-hybridized carbons (Fsp3) is 0.421. The van der Waals surface area contributed by atoms with Crippen LogP contribution in [0, 0.1) is 20.8 Å². The second-order valence-corrected chi connectivity index (χ2v) is 8.73. The number of amides is 1. The molecule has 9 nitrogen and oxygen atoms in total. The summed E-state index contributed by atoms with van der Waals surface area (Å²) >= 11 is 0. The summed E-state index contributed by atoms with van der Waals surface area (Å²) in [6.45, 7) is 4.57. The molecule has 1 aliphatic rings. The first-order valence-electron chi connectivity index (χ1n) is 9.18. The van der Waals surface area contributed by atoms with Crippen LogP contribution in [0.5, 0.6) is 0 Å². The summed E-state index contributed by atoms with van der Waals surface area (Å²) in [4.78, 5) is 24.6. The molecular weight excluding hydrogens is 398 g/mol. The number of ether oxygens (including phenoxy) is 1. The molecule has 2 aromatic rings. The van der Waals surface area contributed by atoms with Crippen LogP contribution in [-0.2, 0) is 24.3 Å². The van der Waals surface area contributed by atoms with Crippen molar-refractivity contribution in [2.24, 2.45) is 0 Å². The number of anilines is 1. The highest BCUT2D eigenvalue weighted by molar-refractivity contribution is 7.89. The molecule has 3 rings (SSSR count). The third kappa shape index (κ3) is 4.33. The molecule has 1 atom stereocenters. The lowest BCUT2D eigenvalue weighted by molar-refractivity contribution is -0.150. The zero-order valence-corrected chi connectivity index (χ0v) is 17.3. The first-order chi connectivity index (χ1) is 13.7. The average molecular weight is 421 g/mol. The van der Waals surface area contributed by atoms with E-state index in [9.17, 15) is 18.0 Å². The average Bonchev–Trinajstić information content (AvgIpc) is 3.29. The largest absolute Gasteiger partial charge is 0.454 e. The van der Waals surface area contributed by atoms with Crippen molar-refractivity contribution in [1.82, 2.24) is 9.46 Å². The zero-order valence-electron chi connectivity index (χ0n) is 16.5. The molecule has 156 valence electrons. The summed E-state index contributed by atoms with van der Waals surface area (Å²) in [5, 5.41) is 6.35. The van der Waals surface area contributed by atoms with E-state index in [4.69, 9.17) is 9.26 Å². The topological polar surface area (TPSA) is 119 Å². The van der Waals surface area contributed by atoms with Crippen LogP contribution in [0.1, 0.15) is 29.9 Å². The number of carbonyl (C=O) groups excluding carboxylic acids is 2. The normalized spacial score (nSPS) is 17.3. The van der Waals surface area contributed by atoms with Gasteiger partial charge >= 0.3 is 5.97 Å². The Hall–Kier alpha value is -2.72. The molecule has 0 spiro atoms. The molecular formula is C19H23N3O6S. The van der Waals surface area contributed by atoms with E-state index in [0.717, 1.165) is 9.87 Å². The molecule has 2 heterocycles. The highest BCUT2D eigenvalue weighted by atomic mass is 32.2. The van der Waals surface area contributed by atoms with Crippen molar-refractivity contribution in [3.05, 3.63) is 41.3 Å². The Morgan fingerprint density at radius 2 is 2.00 bits per heavy atom. The van der Waals surface area contributed by atoms with Gasteiger partial charge in [-0.25, -0.2) is 8.42 Å². The van der Waals surface area contributed by atoms with Gasteiger partial charge in [0.25, 0.3) is 5.91 Å². The Balaban J connectivity index is 1.66. The van der Waals surface area contributed by atoms with E-state index in [1.54, 1.807) is 12.1 Å². The Morgan fingerprint density at radius 1 is 1.28 bits per heavy atom. The molecule has 1 aliphatic heterocycles. The number of nitrogens with zero attached hydrogens (tertiary/aromatic N) is 2. The van der Waals surface area contributed by atoms with Crippen LogP contribution in [0.3, 0.4) is 0 Å². The maximum absolute atomic E-state index is 13.0. The maximum atomic E-state index is 13.0. The lowest BCUT2D eigenvalue weighted by Gasteiger charge is -2.22. The van der Waals surface area contributed by atoms with E-state index >= 15 is 0 Å². The number of esters is 1. The van der Waals surface area contributed by atoms with Gasteiger partial charge < -0.3 is 14.6 Å². The van der Waals surface area contributed by atoms with Crippen LogP contribution in [0.25, 0.3) is 0 Å². The lowest BCUT2D eigenvalue weighted by Crippen LogP contribution is -2.42. The van der Waals surface area contributed by atoms with Gasteiger partial charge in [-0.05, 0) is 45.2 Å². The fourth-order valence-corrected chi connectivity index (χ4v) is 5.30. The maximum Gasteiger partial charge on any atom is 0.324 e. The van der Waals surface area contributed by atoms with Crippen molar-refractivity contribution >= 4 is 27.6 Å². The summed E-state index contributed by atoms with van der Waals surface area (Å²) in [7, 11) is -3.97. The quantitative estimate of drug-likeness (QED) is 0.708. The molecule has 0 bridgehead atoms. The van der Waals surface area contributed by atoms with Gasteiger partial charge in [0.2, 0.25) is 10.0 Å². The van der Waals surface area contributed by atoms with Gasteiger partial charge in [0.15, 0.2) is 12.4 Å². The molecule has 1 saturated heterocycles. The number of hydrogen-bond donors (Lipinski definition) is 1. The summed E-state index contributed by atoms with van der Waals surface area (Å²) in [6.07, 6.45) is 0.832. The highest BCUT2D eigenvalue weighted by Gasteiger charge is 2.42. The number of para-hydroxylation sites is 1. The lowest BCUT2D eigenvalue weighted by atomic mass is 10.2. The van der Waals surface area contributed by atoms with Gasteiger partial charge in [0.1, 0.15) is 16.6 Å². The Bertz CT molecular complexity index is 1010. The molecule has 0 unspecified atom stereocenters. The molecule has 29 heavy (non-hydrogen) atoms. The monoisotopic (exact) mass is 421 g/mol. The molecule has 0 aliphatic carbocycles. The molecule has 1 fully saturated rings. The summed E-state index contributed by atoms with van der Waals surface area (Å²) < 4.78 is 37.2. The number of aromatic nitrogens is 1. The van der Waals surface area contributed by atoms with Gasteiger partial charge in [-0.3, -0.25) is 9.59 Å². The minimum absolute atomic E-state index is 0.0329. The SMILES string of the molecule is Cc1ccccc1NC(=O)COC(=O)[C@@H]1CCCN1S(=O)(=O)c1c(C)noc1C. The standard InChI is InChI=1S/C19H23N3O6S/c1-12-7-4-5-8-15(12)20-17(23)11-27-19(24)16-9-6-10-22(16)29(25,26)18-13(2)21-28-14(18)3/h4-5,7-8,16H,6,9-11H2,1-3H3,(H,20,23)/t16-/m0/s1. The first kappa shape index (κ1) is 21.0. The van der Waals surface area contributed by atoms with E-state index in [-0.39, 0.29) is 22.9 Å². The summed E-state index contributed by atoms with van der Waals surface area (Å²) in [5.41, 5.74) is 1.73. The van der Waals surface area contributed by atoms with Crippen molar-refractivity contribution < 1.29 is 27.3 Å². The summed E-state index contributed by atoms with van der Waals surface area (Å²) in [5.74, 6) is -1.08. The van der Waals surface area contributed by atoms with Crippen LogP contribution >= 0.6 is 0 Å². The number of benzene rings is 1. The second-order valence-electron chi connectivity index (χ2n) is 6.90. The van der Waals surface area contributed by atoms with Crippen LogP contribution in [-0.4, -0.2) is 48.9 Å².